The molecule has 0 amide bonds. The predicted octanol–water partition coefficient (Wildman–Crippen LogP) is 5.16. The van der Waals surface area contributed by atoms with Crippen molar-refractivity contribution in [1.29, 1.82) is 0 Å². The number of hydrogen-bond acceptors (Lipinski definition) is 3. The lowest BCUT2D eigenvalue weighted by Gasteiger charge is -2.24. The first-order valence-corrected chi connectivity index (χ1v) is 10.1. The van der Waals surface area contributed by atoms with E-state index in [0.29, 0.717) is 0 Å². The van der Waals surface area contributed by atoms with Crippen molar-refractivity contribution in [3.05, 3.63) is 0 Å². The minimum absolute atomic E-state index is 0.0729. The molecule has 0 bridgehead atoms. The van der Waals surface area contributed by atoms with Crippen molar-refractivity contribution in [3.8, 4) is 0 Å². The van der Waals surface area contributed by atoms with E-state index >= 15 is 0 Å². The van der Waals surface area contributed by atoms with Crippen LogP contribution in [-0.4, -0.2) is 34.0 Å². The lowest BCUT2D eigenvalue weighted by Crippen LogP contribution is -2.14. The molecule has 3 N–H and O–H groups in total. The molecule has 0 aliphatic rings. The Labute approximate surface area is 155 Å². The molecule has 0 spiro atoms. The summed E-state index contributed by atoms with van der Waals surface area (Å²) in [6, 6.07) is 0. The lowest BCUT2D eigenvalue weighted by molar-refractivity contribution is -0.137. The minimum atomic E-state index is -0.719. The van der Waals surface area contributed by atoms with E-state index in [1.54, 1.807) is 0 Å². The third-order valence-electron chi connectivity index (χ3n) is 5.31. The topological polar surface area (TPSA) is 77.8 Å². The number of unbranched alkanes of at least 4 members (excludes halogenated alkanes) is 2. The molecule has 0 aliphatic carbocycles. The van der Waals surface area contributed by atoms with Gasteiger partial charge >= 0.3 is 5.97 Å². The molecule has 0 saturated heterocycles. The molecule has 0 aromatic heterocycles. The number of carboxylic acids is 1. The molecular weight excluding hydrogens is 316 g/mol. The number of aliphatic hydroxyl groups excluding tert-OH is 2. The molecule has 4 nitrogen and oxygen atoms in total. The number of carbonyl (C=O) groups is 1. The molecule has 0 fully saturated rings. The monoisotopic (exact) mass is 358 g/mol. The van der Waals surface area contributed by atoms with Gasteiger partial charge in [-0.25, -0.2) is 0 Å². The maximum atomic E-state index is 10.7. The summed E-state index contributed by atoms with van der Waals surface area (Å²) >= 11 is 0. The Bertz CT molecular complexity index is 350. The zero-order valence-corrected chi connectivity index (χ0v) is 17.0. The largest absolute Gasteiger partial charge is 0.481 e. The highest BCUT2D eigenvalue weighted by molar-refractivity contribution is 5.66. The SMILES string of the molecule is CC(C)(CCCO)CCCCC(O)CCCCC(C)(C)CCC(=O)O. The third kappa shape index (κ3) is 15.4. The number of rotatable bonds is 16. The van der Waals surface area contributed by atoms with E-state index in [1.165, 1.54) is 0 Å². The second-order valence-corrected chi connectivity index (χ2v) is 9.19. The van der Waals surface area contributed by atoms with Gasteiger partial charge in [0.25, 0.3) is 0 Å². The van der Waals surface area contributed by atoms with Gasteiger partial charge in [0.1, 0.15) is 0 Å². The van der Waals surface area contributed by atoms with E-state index in [-0.39, 0.29) is 30.0 Å². The Morgan fingerprint density at radius 2 is 1.24 bits per heavy atom. The van der Waals surface area contributed by atoms with E-state index in [0.717, 1.165) is 70.6 Å². The normalized spacial score (nSPS) is 13.8. The van der Waals surface area contributed by atoms with Crippen molar-refractivity contribution in [2.45, 2.75) is 111 Å². The number of aliphatic hydroxyl groups is 2. The van der Waals surface area contributed by atoms with E-state index in [2.05, 4.69) is 27.7 Å². The van der Waals surface area contributed by atoms with Crippen LogP contribution in [0.4, 0.5) is 0 Å². The molecular formula is C21H42O4. The fraction of sp³-hybridized carbons (Fsp3) is 0.952. The van der Waals surface area contributed by atoms with Crippen molar-refractivity contribution in [3.63, 3.8) is 0 Å². The molecule has 0 heterocycles. The second-order valence-electron chi connectivity index (χ2n) is 9.19. The minimum Gasteiger partial charge on any atom is -0.481 e. The third-order valence-corrected chi connectivity index (χ3v) is 5.31. The summed E-state index contributed by atoms with van der Waals surface area (Å²) in [6.45, 7) is 9.04. The van der Waals surface area contributed by atoms with Gasteiger partial charge in [0.2, 0.25) is 0 Å². The molecule has 0 aromatic carbocycles. The Hall–Kier alpha value is -0.610. The second kappa shape index (κ2) is 12.7. The average molecular weight is 359 g/mol. The summed E-state index contributed by atoms with van der Waals surface area (Å²) in [4.78, 5) is 10.7. The first-order valence-electron chi connectivity index (χ1n) is 10.1. The molecule has 0 aromatic rings. The highest BCUT2D eigenvalue weighted by Crippen LogP contribution is 2.30. The summed E-state index contributed by atoms with van der Waals surface area (Å²) in [5.74, 6) is -0.719. The number of aliphatic carboxylic acids is 1. The highest BCUT2D eigenvalue weighted by Gasteiger charge is 2.19. The van der Waals surface area contributed by atoms with Gasteiger partial charge in [-0.05, 0) is 55.8 Å². The van der Waals surface area contributed by atoms with Crippen LogP contribution in [0.15, 0.2) is 0 Å². The molecule has 0 radical (unpaired) electrons. The number of hydrogen-bond donors (Lipinski definition) is 3. The Morgan fingerprint density at radius 1 is 0.800 bits per heavy atom. The Morgan fingerprint density at radius 3 is 1.68 bits per heavy atom. The molecule has 0 rings (SSSR count). The molecule has 150 valence electrons. The maximum absolute atomic E-state index is 10.7. The summed E-state index contributed by atoms with van der Waals surface area (Å²) in [6.07, 6.45) is 10.8. The van der Waals surface area contributed by atoms with Gasteiger partial charge in [0.15, 0.2) is 0 Å². The highest BCUT2D eigenvalue weighted by atomic mass is 16.4. The smallest absolute Gasteiger partial charge is 0.303 e. The van der Waals surface area contributed by atoms with Gasteiger partial charge in [-0.2, -0.15) is 0 Å². The zero-order valence-electron chi connectivity index (χ0n) is 17.0. The van der Waals surface area contributed by atoms with Crippen molar-refractivity contribution in [2.75, 3.05) is 6.61 Å². The molecule has 0 aliphatic heterocycles. The molecule has 1 atom stereocenters. The van der Waals surface area contributed by atoms with Crippen LogP contribution in [-0.2, 0) is 4.79 Å². The Balaban J connectivity index is 3.70. The van der Waals surface area contributed by atoms with Crippen molar-refractivity contribution in [2.24, 2.45) is 10.8 Å². The fourth-order valence-corrected chi connectivity index (χ4v) is 3.36. The molecule has 25 heavy (non-hydrogen) atoms. The van der Waals surface area contributed by atoms with E-state index in [1.807, 2.05) is 0 Å². The molecule has 4 heteroatoms. The maximum Gasteiger partial charge on any atom is 0.303 e. The predicted molar refractivity (Wildman–Crippen MR) is 104 cm³/mol. The van der Waals surface area contributed by atoms with Crippen LogP contribution in [0.3, 0.4) is 0 Å². The summed E-state index contributed by atoms with van der Waals surface area (Å²) in [7, 11) is 0. The van der Waals surface area contributed by atoms with Crippen LogP contribution in [0.2, 0.25) is 0 Å². The van der Waals surface area contributed by atoms with Crippen LogP contribution < -0.4 is 0 Å². The van der Waals surface area contributed by atoms with Gasteiger partial charge in [-0.1, -0.05) is 53.4 Å². The van der Waals surface area contributed by atoms with Crippen LogP contribution >= 0.6 is 0 Å². The van der Waals surface area contributed by atoms with Crippen LogP contribution in [0.25, 0.3) is 0 Å². The van der Waals surface area contributed by atoms with Gasteiger partial charge in [-0.3, -0.25) is 4.79 Å². The fourth-order valence-electron chi connectivity index (χ4n) is 3.36. The van der Waals surface area contributed by atoms with Crippen molar-refractivity contribution >= 4 is 5.97 Å². The van der Waals surface area contributed by atoms with Gasteiger partial charge in [0.05, 0.1) is 6.10 Å². The van der Waals surface area contributed by atoms with E-state index in [4.69, 9.17) is 10.2 Å². The first kappa shape index (κ1) is 24.4. The van der Waals surface area contributed by atoms with Crippen LogP contribution in [0.1, 0.15) is 105 Å². The van der Waals surface area contributed by atoms with Gasteiger partial charge < -0.3 is 15.3 Å². The van der Waals surface area contributed by atoms with Crippen molar-refractivity contribution in [1.82, 2.24) is 0 Å². The van der Waals surface area contributed by atoms with Crippen molar-refractivity contribution < 1.29 is 20.1 Å². The van der Waals surface area contributed by atoms with Crippen LogP contribution in [0.5, 0.6) is 0 Å². The zero-order chi connectivity index (χ0) is 19.3. The number of carboxylic acid groups (broad SMARTS) is 1. The van der Waals surface area contributed by atoms with Crippen LogP contribution in [0, 0.1) is 10.8 Å². The van der Waals surface area contributed by atoms with Gasteiger partial charge in [-0.15, -0.1) is 0 Å². The molecule has 1 unspecified atom stereocenters. The Kier molecular flexibility index (Phi) is 12.4. The summed E-state index contributed by atoms with van der Waals surface area (Å²) < 4.78 is 0. The van der Waals surface area contributed by atoms with E-state index in [9.17, 15) is 9.90 Å². The summed E-state index contributed by atoms with van der Waals surface area (Å²) in [5, 5.41) is 27.8. The van der Waals surface area contributed by atoms with E-state index < -0.39 is 5.97 Å². The lowest BCUT2D eigenvalue weighted by atomic mass is 9.82. The quantitative estimate of drug-likeness (QED) is 0.333. The standard InChI is InChI=1S/C21H42O4/c1-20(2,15-9-17-22)13-7-5-10-18(23)11-6-8-14-21(3,4)16-12-19(24)25/h18,22-23H,5-17H2,1-4H3,(H,24,25). The molecule has 0 saturated carbocycles. The average Bonchev–Trinajstić information content (AvgIpc) is 2.52. The summed E-state index contributed by atoms with van der Waals surface area (Å²) in [5.41, 5.74) is 0.360. The van der Waals surface area contributed by atoms with Gasteiger partial charge in [0, 0.05) is 13.0 Å². The first-order chi connectivity index (χ1) is 11.6.